The molecule has 1 unspecified atom stereocenters. The number of carbonyl (C=O) groups is 1. The van der Waals surface area contributed by atoms with E-state index >= 15 is 0 Å². The van der Waals surface area contributed by atoms with Gasteiger partial charge >= 0.3 is 0 Å². The zero-order chi connectivity index (χ0) is 18.5. The molecule has 27 heavy (non-hydrogen) atoms. The van der Waals surface area contributed by atoms with Gasteiger partial charge in [0, 0.05) is 24.1 Å². The zero-order valence-corrected chi connectivity index (χ0v) is 15.1. The molecule has 0 saturated carbocycles. The minimum absolute atomic E-state index is 0.0694. The van der Waals surface area contributed by atoms with Crippen molar-refractivity contribution in [1.82, 2.24) is 14.9 Å². The Kier molecular flexibility index (Phi) is 3.65. The van der Waals surface area contributed by atoms with Gasteiger partial charge in [0.15, 0.2) is 0 Å². The summed E-state index contributed by atoms with van der Waals surface area (Å²) in [5, 5.41) is 13.9. The summed E-state index contributed by atoms with van der Waals surface area (Å²) in [6, 6.07) is 14.1. The Hall–Kier alpha value is -2.92. The van der Waals surface area contributed by atoms with E-state index in [-0.39, 0.29) is 17.9 Å². The predicted octanol–water partition coefficient (Wildman–Crippen LogP) is 3.11. The fourth-order valence-electron chi connectivity index (χ4n) is 4.75. The van der Waals surface area contributed by atoms with Crippen LogP contribution in [0.3, 0.4) is 0 Å². The van der Waals surface area contributed by atoms with E-state index in [0.717, 1.165) is 29.7 Å². The van der Waals surface area contributed by atoms with Crippen molar-refractivity contribution in [2.45, 2.75) is 25.0 Å². The van der Waals surface area contributed by atoms with Crippen LogP contribution < -0.4 is 5.32 Å². The number of aliphatic hydroxyl groups is 1. The van der Waals surface area contributed by atoms with Crippen LogP contribution >= 0.6 is 0 Å². The first-order valence-electron chi connectivity index (χ1n) is 9.33. The third-order valence-electron chi connectivity index (χ3n) is 6.03. The van der Waals surface area contributed by atoms with Crippen molar-refractivity contribution >= 4 is 5.91 Å². The van der Waals surface area contributed by atoms with Crippen molar-refractivity contribution in [2.75, 3.05) is 7.05 Å². The van der Waals surface area contributed by atoms with E-state index < -0.39 is 6.10 Å². The second-order valence-corrected chi connectivity index (χ2v) is 7.36. The lowest BCUT2D eigenvalue weighted by Crippen LogP contribution is -2.29. The highest BCUT2D eigenvalue weighted by atomic mass is 16.3. The summed E-state index contributed by atoms with van der Waals surface area (Å²) < 4.78 is 2.20. The quantitative estimate of drug-likeness (QED) is 0.739. The van der Waals surface area contributed by atoms with E-state index in [1.54, 1.807) is 13.1 Å². The van der Waals surface area contributed by atoms with Crippen LogP contribution in [0.5, 0.6) is 0 Å². The third kappa shape index (κ3) is 2.35. The third-order valence-corrected chi connectivity index (χ3v) is 6.03. The van der Waals surface area contributed by atoms with E-state index in [1.165, 1.54) is 11.1 Å². The molecule has 3 aromatic rings. The summed E-state index contributed by atoms with van der Waals surface area (Å²) in [5.74, 6) is -0.0258. The molecule has 2 aromatic carbocycles. The highest BCUT2D eigenvalue weighted by molar-refractivity contribution is 5.94. The normalized spacial score (nSPS) is 22.7. The number of nitrogens with one attached hydrogen (secondary N) is 1. The van der Waals surface area contributed by atoms with Crippen LogP contribution in [0.25, 0.3) is 11.3 Å². The Morgan fingerprint density at radius 1 is 1.22 bits per heavy atom. The van der Waals surface area contributed by atoms with Gasteiger partial charge in [0.25, 0.3) is 5.91 Å². The number of aryl methyl sites for hydroxylation is 1. The molecule has 1 aliphatic heterocycles. The highest BCUT2D eigenvalue weighted by Gasteiger charge is 2.40. The monoisotopic (exact) mass is 359 g/mol. The number of aromatic nitrogens is 2. The number of hydrogen-bond acceptors (Lipinski definition) is 3. The van der Waals surface area contributed by atoms with Gasteiger partial charge in [-0.3, -0.25) is 4.79 Å². The molecule has 5 heteroatoms. The molecule has 1 amide bonds. The number of hydrogen-bond donors (Lipinski definition) is 2. The summed E-state index contributed by atoms with van der Waals surface area (Å²) >= 11 is 0. The number of amides is 1. The minimum Gasteiger partial charge on any atom is -0.388 e. The summed E-state index contributed by atoms with van der Waals surface area (Å²) in [6.45, 7) is 0. The second kappa shape index (κ2) is 6.06. The van der Waals surface area contributed by atoms with Gasteiger partial charge in [0.1, 0.15) is 0 Å². The highest BCUT2D eigenvalue weighted by Crippen LogP contribution is 2.49. The van der Waals surface area contributed by atoms with E-state index in [0.29, 0.717) is 5.56 Å². The molecule has 0 spiro atoms. The Bertz CT molecular complexity index is 1040. The topological polar surface area (TPSA) is 67.2 Å². The van der Waals surface area contributed by atoms with E-state index in [1.807, 2.05) is 30.7 Å². The van der Waals surface area contributed by atoms with E-state index in [2.05, 4.69) is 33.1 Å². The van der Waals surface area contributed by atoms with Gasteiger partial charge in [-0.05, 0) is 41.7 Å². The van der Waals surface area contributed by atoms with Crippen LogP contribution in [0.4, 0.5) is 0 Å². The van der Waals surface area contributed by atoms with Gasteiger partial charge in [-0.1, -0.05) is 30.3 Å². The van der Waals surface area contributed by atoms with Crippen LogP contribution in [0.15, 0.2) is 55.0 Å². The molecule has 5 nitrogen and oxygen atoms in total. The molecular formula is C22H21N3O2. The molecule has 2 aliphatic rings. The van der Waals surface area contributed by atoms with Crippen molar-refractivity contribution in [3.05, 3.63) is 77.2 Å². The lowest BCUT2D eigenvalue weighted by Gasteiger charge is -2.35. The SMILES string of the molecule is CNC(=O)c1ccc2c(c1)CC[C@@H]([C@H]1c3ccccc3-c3cncn31)C2O. The summed E-state index contributed by atoms with van der Waals surface area (Å²) in [6.07, 6.45) is 4.92. The maximum absolute atomic E-state index is 11.9. The predicted molar refractivity (Wildman–Crippen MR) is 102 cm³/mol. The fourth-order valence-corrected chi connectivity index (χ4v) is 4.75. The van der Waals surface area contributed by atoms with Crippen LogP contribution in [0.2, 0.25) is 0 Å². The number of carbonyl (C=O) groups excluding carboxylic acids is 1. The number of rotatable bonds is 2. The first kappa shape index (κ1) is 16.3. The number of aliphatic hydroxyl groups excluding tert-OH is 1. The van der Waals surface area contributed by atoms with Crippen molar-refractivity contribution in [1.29, 1.82) is 0 Å². The Labute approximate surface area is 157 Å². The summed E-state index contributed by atoms with van der Waals surface area (Å²) in [4.78, 5) is 16.2. The number of nitrogens with zero attached hydrogens (tertiary/aromatic N) is 2. The van der Waals surface area contributed by atoms with Gasteiger partial charge in [-0.15, -0.1) is 0 Å². The molecule has 5 rings (SSSR count). The molecule has 2 heterocycles. The fraction of sp³-hybridized carbons (Fsp3) is 0.273. The van der Waals surface area contributed by atoms with Gasteiger partial charge < -0.3 is 15.0 Å². The van der Waals surface area contributed by atoms with Gasteiger partial charge in [0.05, 0.1) is 30.4 Å². The van der Waals surface area contributed by atoms with E-state index in [9.17, 15) is 9.90 Å². The molecule has 0 saturated heterocycles. The van der Waals surface area contributed by atoms with Gasteiger partial charge in [-0.25, -0.2) is 4.98 Å². The molecule has 136 valence electrons. The first-order chi connectivity index (χ1) is 13.2. The second-order valence-electron chi connectivity index (χ2n) is 7.36. The largest absolute Gasteiger partial charge is 0.388 e. The lowest BCUT2D eigenvalue weighted by molar-refractivity contribution is 0.0719. The Morgan fingerprint density at radius 2 is 2.07 bits per heavy atom. The van der Waals surface area contributed by atoms with Crippen LogP contribution in [-0.4, -0.2) is 27.6 Å². The maximum Gasteiger partial charge on any atom is 0.251 e. The number of benzene rings is 2. The zero-order valence-electron chi connectivity index (χ0n) is 15.1. The van der Waals surface area contributed by atoms with Crippen LogP contribution in [-0.2, 0) is 6.42 Å². The molecule has 3 atom stereocenters. The van der Waals surface area contributed by atoms with E-state index in [4.69, 9.17) is 0 Å². The van der Waals surface area contributed by atoms with Crippen molar-refractivity contribution < 1.29 is 9.90 Å². The molecule has 1 aromatic heterocycles. The maximum atomic E-state index is 11.9. The first-order valence-corrected chi connectivity index (χ1v) is 9.33. The molecular weight excluding hydrogens is 338 g/mol. The molecule has 1 aliphatic carbocycles. The molecule has 2 N–H and O–H groups in total. The minimum atomic E-state index is -0.570. The number of imidazole rings is 1. The Morgan fingerprint density at radius 3 is 2.93 bits per heavy atom. The van der Waals surface area contributed by atoms with Crippen LogP contribution in [0.1, 0.15) is 45.6 Å². The van der Waals surface area contributed by atoms with Gasteiger partial charge in [-0.2, -0.15) is 0 Å². The van der Waals surface area contributed by atoms with Crippen LogP contribution in [0, 0.1) is 5.92 Å². The average Bonchev–Trinajstić information content (AvgIpc) is 3.29. The molecule has 0 bridgehead atoms. The van der Waals surface area contributed by atoms with Crippen molar-refractivity contribution in [3.8, 4) is 11.3 Å². The Balaban J connectivity index is 1.54. The average molecular weight is 359 g/mol. The molecule has 0 radical (unpaired) electrons. The lowest BCUT2D eigenvalue weighted by atomic mass is 9.75. The standard InChI is InChI=1S/C22H21N3O2/c1-23-22(27)14-7-8-15-13(10-14)6-9-18(21(15)26)20-17-5-3-2-4-16(17)19-11-24-12-25(19)20/h2-5,7-8,10-12,18,20-21,26H,6,9H2,1H3,(H,23,27)/t18-,20+,21?/m0/s1. The summed E-state index contributed by atoms with van der Waals surface area (Å²) in [5.41, 5.74) is 6.22. The van der Waals surface area contributed by atoms with Crippen molar-refractivity contribution in [2.24, 2.45) is 5.92 Å². The smallest absolute Gasteiger partial charge is 0.251 e. The van der Waals surface area contributed by atoms with Crippen molar-refractivity contribution in [3.63, 3.8) is 0 Å². The number of fused-ring (bicyclic) bond motifs is 4. The summed E-state index contributed by atoms with van der Waals surface area (Å²) in [7, 11) is 1.63. The molecule has 0 fully saturated rings. The van der Waals surface area contributed by atoms with Gasteiger partial charge in [0.2, 0.25) is 0 Å².